The number of rotatable bonds is 3. The molecule has 0 amide bonds. The van der Waals surface area contributed by atoms with Crippen LogP contribution < -0.4 is 10.5 Å². The van der Waals surface area contributed by atoms with Gasteiger partial charge in [-0.2, -0.15) is 0 Å². The second kappa shape index (κ2) is 4.75. The number of benzene rings is 2. The van der Waals surface area contributed by atoms with Crippen molar-refractivity contribution in [2.45, 2.75) is 6.92 Å². The Morgan fingerprint density at radius 2 is 2.00 bits per heavy atom. The number of non-ortho nitro benzene ring substituents is 1. The number of ether oxygens (including phenoxy) is 1. The Morgan fingerprint density at radius 3 is 2.61 bits per heavy atom. The zero-order valence-corrected chi connectivity index (χ0v) is 9.79. The molecule has 18 heavy (non-hydrogen) atoms. The zero-order chi connectivity index (χ0) is 13.1. The molecule has 0 unspecified atom stereocenters. The third kappa shape index (κ3) is 2.57. The standard InChI is InChI=1S/C13H12N2O3/c1-9-3-2-4-11(7-9)18-13-6-5-10(15(16)17)8-12(13)14/h2-8H,14H2,1H3. The second-order valence-corrected chi connectivity index (χ2v) is 3.90. The van der Waals surface area contributed by atoms with Crippen molar-refractivity contribution in [3.8, 4) is 11.5 Å². The van der Waals surface area contributed by atoms with Crippen molar-refractivity contribution in [2.75, 3.05) is 5.73 Å². The molecule has 0 heterocycles. The number of nitrogens with two attached hydrogens (primary N) is 1. The van der Waals surface area contributed by atoms with Crippen molar-refractivity contribution in [3.05, 3.63) is 58.1 Å². The molecular formula is C13H12N2O3. The van der Waals surface area contributed by atoms with Crippen molar-refractivity contribution >= 4 is 11.4 Å². The molecule has 5 heteroatoms. The summed E-state index contributed by atoms with van der Waals surface area (Å²) >= 11 is 0. The summed E-state index contributed by atoms with van der Waals surface area (Å²) in [6, 6.07) is 11.6. The highest BCUT2D eigenvalue weighted by molar-refractivity contribution is 5.59. The normalized spacial score (nSPS) is 10.1. The lowest BCUT2D eigenvalue weighted by Gasteiger charge is -2.08. The number of nitrogens with zero attached hydrogens (tertiary/aromatic N) is 1. The van der Waals surface area contributed by atoms with Gasteiger partial charge in [0.15, 0.2) is 5.75 Å². The molecule has 5 nitrogen and oxygen atoms in total. The van der Waals surface area contributed by atoms with E-state index in [0.717, 1.165) is 5.56 Å². The largest absolute Gasteiger partial charge is 0.455 e. The summed E-state index contributed by atoms with van der Waals surface area (Å²) in [5.74, 6) is 1.06. The monoisotopic (exact) mass is 244 g/mol. The zero-order valence-electron chi connectivity index (χ0n) is 9.79. The molecular weight excluding hydrogens is 232 g/mol. The molecule has 0 bridgehead atoms. The Labute approximate surface area is 104 Å². The molecule has 2 aromatic rings. The van der Waals surface area contributed by atoms with Crippen molar-refractivity contribution in [2.24, 2.45) is 0 Å². The maximum Gasteiger partial charge on any atom is 0.271 e. The summed E-state index contributed by atoms with van der Waals surface area (Å²) < 4.78 is 5.58. The molecule has 0 aliphatic carbocycles. The van der Waals surface area contributed by atoms with Crippen molar-refractivity contribution in [1.29, 1.82) is 0 Å². The van der Waals surface area contributed by atoms with E-state index in [0.29, 0.717) is 11.5 Å². The van der Waals surface area contributed by atoms with Crippen LogP contribution in [0, 0.1) is 17.0 Å². The Bertz CT molecular complexity index is 597. The smallest absolute Gasteiger partial charge is 0.271 e. The molecule has 0 aliphatic heterocycles. The summed E-state index contributed by atoms with van der Waals surface area (Å²) in [7, 11) is 0. The van der Waals surface area contributed by atoms with Gasteiger partial charge in [0.25, 0.3) is 5.69 Å². The van der Waals surface area contributed by atoms with Gasteiger partial charge in [0, 0.05) is 12.1 Å². The number of hydrogen-bond acceptors (Lipinski definition) is 4. The maximum atomic E-state index is 10.6. The number of hydrogen-bond donors (Lipinski definition) is 1. The molecule has 0 radical (unpaired) electrons. The molecule has 0 atom stereocenters. The lowest BCUT2D eigenvalue weighted by atomic mass is 10.2. The molecule has 0 spiro atoms. The second-order valence-electron chi connectivity index (χ2n) is 3.90. The Hall–Kier alpha value is -2.56. The minimum absolute atomic E-state index is 0.0518. The van der Waals surface area contributed by atoms with Gasteiger partial charge in [-0.25, -0.2) is 0 Å². The fourth-order valence-electron chi connectivity index (χ4n) is 1.55. The van der Waals surface area contributed by atoms with Crippen LogP contribution in [0.4, 0.5) is 11.4 Å². The number of aryl methyl sites for hydroxylation is 1. The third-order valence-electron chi connectivity index (χ3n) is 2.42. The van der Waals surface area contributed by atoms with Crippen LogP contribution in [0.3, 0.4) is 0 Å². The first-order valence-corrected chi connectivity index (χ1v) is 5.35. The number of nitro groups is 1. The minimum atomic E-state index is -0.493. The van der Waals surface area contributed by atoms with E-state index in [-0.39, 0.29) is 11.4 Å². The molecule has 0 fully saturated rings. The number of anilines is 1. The summed E-state index contributed by atoms with van der Waals surface area (Å²) in [6.07, 6.45) is 0. The van der Waals surface area contributed by atoms with Crippen molar-refractivity contribution in [3.63, 3.8) is 0 Å². The topological polar surface area (TPSA) is 78.4 Å². The fourth-order valence-corrected chi connectivity index (χ4v) is 1.55. The van der Waals surface area contributed by atoms with Gasteiger partial charge in [-0.05, 0) is 30.7 Å². The molecule has 0 saturated carbocycles. The van der Waals surface area contributed by atoms with Crippen LogP contribution in [0.2, 0.25) is 0 Å². The summed E-state index contributed by atoms with van der Waals surface area (Å²) in [4.78, 5) is 10.1. The lowest BCUT2D eigenvalue weighted by Crippen LogP contribution is -1.95. The third-order valence-corrected chi connectivity index (χ3v) is 2.42. The van der Waals surface area contributed by atoms with E-state index in [9.17, 15) is 10.1 Å². The van der Waals surface area contributed by atoms with Crippen molar-refractivity contribution < 1.29 is 9.66 Å². The first-order chi connectivity index (χ1) is 8.56. The predicted octanol–water partition coefficient (Wildman–Crippen LogP) is 3.28. The van der Waals surface area contributed by atoms with Gasteiger partial charge in [0.05, 0.1) is 10.6 Å². The van der Waals surface area contributed by atoms with E-state index in [1.165, 1.54) is 18.2 Å². The van der Waals surface area contributed by atoms with Gasteiger partial charge in [-0.15, -0.1) is 0 Å². The highest BCUT2D eigenvalue weighted by Crippen LogP contribution is 2.30. The Kier molecular flexibility index (Phi) is 3.14. The van der Waals surface area contributed by atoms with Gasteiger partial charge in [-0.3, -0.25) is 10.1 Å². The van der Waals surface area contributed by atoms with E-state index in [2.05, 4.69) is 0 Å². The minimum Gasteiger partial charge on any atom is -0.455 e. The summed E-state index contributed by atoms with van der Waals surface area (Å²) in [5, 5.41) is 10.6. The van der Waals surface area contributed by atoms with Crippen LogP contribution in [0.25, 0.3) is 0 Å². The maximum absolute atomic E-state index is 10.6. The Balaban J connectivity index is 2.27. The quantitative estimate of drug-likeness (QED) is 0.510. The summed E-state index contributed by atoms with van der Waals surface area (Å²) in [5.41, 5.74) is 6.97. The van der Waals surface area contributed by atoms with Gasteiger partial charge in [0.1, 0.15) is 5.75 Å². The highest BCUT2D eigenvalue weighted by atomic mass is 16.6. The van der Waals surface area contributed by atoms with Crippen LogP contribution in [-0.2, 0) is 0 Å². The van der Waals surface area contributed by atoms with Gasteiger partial charge in [0.2, 0.25) is 0 Å². The van der Waals surface area contributed by atoms with Gasteiger partial charge in [-0.1, -0.05) is 12.1 Å². The van der Waals surface area contributed by atoms with Crippen LogP contribution in [0.5, 0.6) is 11.5 Å². The average Bonchev–Trinajstić information content (AvgIpc) is 2.31. The van der Waals surface area contributed by atoms with Crippen LogP contribution in [0.1, 0.15) is 5.56 Å². The van der Waals surface area contributed by atoms with Crippen LogP contribution in [0.15, 0.2) is 42.5 Å². The van der Waals surface area contributed by atoms with E-state index < -0.39 is 4.92 Å². The first-order valence-electron chi connectivity index (χ1n) is 5.35. The molecule has 0 aromatic heterocycles. The highest BCUT2D eigenvalue weighted by Gasteiger charge is 2.10. The molecule has 2 aromatic carbocycles. The van der Waals surface area contributed by atoms with Gasteiger partial charge >= 0.3 is 0 Å². The lowest BCUT2D eigenvalue weighted by molar-refractivity contribution is -0.384. The SMILES string of the molecule is Cc1cccc(Oc2ccc([N+](=O)[O-])cc2N)c1. The van der Waals surface area contributed by atoms with Crippen LogP contribution >= 0.6 is 0 Å². The fraction of sp³-hybridized carbons (Fsp3) is 0.0769. The van der Waals surface area contributed by atoms with Crippen molar-refractivity contribution in [1.82, 2.24) is 0 Å². The number of nitro benzene ring substituents is 1. The molecule has 2 rings (SSSR count). The first kappa shape index (κ1) is 11.9. The van der Waals surface area contributed by atoms with Gasteiger partial charge < -0.3 is 10.5 Å². The molecule has 0 aliphatic rings. The van der Waals surface area contributed by atoms with E-state index in [1.54, 1.807) is 6.07 Å². The Morgan fingerprint density at radius 1 is 1.22 bits per heavy atom. The van der Waals surface area contributed by atoms with E-state index in [4.69, 9.17) is 10.5 Å². The van der Waals surface area contributed by atoms with Crippen LogP contribution in [-0.4, -0.2) is 4.92 Å². The molecule has 92 valence electrons. The predicted molar refractivity (Wildman–Crippen MR) is 68.8 cm³/mol. The average molecular weight is 244 g/mol. The summed E-state index contributed by atoms with van der Waals surface area (Å²) in [6.45, 7) is 1.95. The van der Waals surface area contributed by atoms with E-state index in [1.807, 2.05) is 25.1 Å². The van der Waals surface area contributed by atoms with E-state index >= 15 is 0 Å². The molecule has 2 N–H and O–H groups in total. The molecule has 0 saturated heterocycles. The number of nitrogen functional groups attached to an aromatic ring is 1.